The van der Waals surface area contributed by atoms with Crippen molar-refractivity contribution < 1.29 is 0 Å². The maximum Gasteiger partial charge on any atom is 0.0569 e. The van der Waals surface area contributed by atoms with Gasteiger partial charge in [0.15, 0.2) is 0 Å². The zero-order valence-corrected chi connectivity index (χ0v) is 9.64. The van der Waals surface area contributed by atoms with Crippen molar-refractivity contribution in [1.29, 1.82) is 0 Å². The highest BCUT2D eigenvalue weighted by Crippen LogP contribution is 2.21. The standard InChI is InChI=1S/C11H13BrN2/c1-3-4-11(14-13)9-5-8(2)6-10(12)7-9/h1,5-7,11,14H,4,13H2,2H3. The van der Waals surface area contributed by atoms with Crippen LogP contribution in [0.2, 0.25) is 0 Å². The van der Waals surface area contributed by atoms with Crippen LogP contribution in [0, 0.1) is 19.3 Å². The smallest absolute Gasteiger partial charge is 0.0569 e. The number of terminal acetylenes is 1. The van der Waals surface area contributed by atoms with E-state index in [9.17, 15) is 0 Å². The number of hydrazine groups is 1. The van der Waals surface area contributed by atoms with Crippen molar-refractivity contribution in [2.75, 3.05) is 0 Å². The molecule has 14 heavy (non-hydrogen) atoms. The molecule has 3 heteroatoms. The molecule has 1 atom stereocenters. The fraction of sp³-hybridized carbons (Fsp3) is 0.273. The van der Waals surface area contributed by atoms with E-state index in [-0.39, 0.29) is 6.04 Å². The Balaban J connectivity index is 2.98. The van der Waals surface area contributed by atoms with Crippen LogP contribution in [-0.4, -0.2) is 0 Å². The zero-order chi connectivity index (χ0) is 10.6. The molecule has 0 radical (unpaired) electrons. The van der Waals surface area contributed by atoms with Gasteiger partial charge in [-0.25, -0.2) is 0 Å². The largest absolute Gasteiger partial charge is 0.271 e. The number of benzene rings is 1. The SMILES string of the molecule is C#CCC(NN)c1cc(C)cc(Br)c1. The second kappa shape index (κ2) is 5.16. The van der Waals surface area contributed by atoms with Gasteiger partial charge >= 0.3 is 0 Å². The molecule has 0 aliphatic carbocycles. The number of hydrogen-bond acceptors (Lipinski definition) is 2. The van der Waals surface area contributed by atoms with Crippen LogP contribution in [0.4, 0.5) is 0 Å². The van der Waals surface area contributed by atoms with E-state index in [0.717, 1.165) is 10.0 Å². The summed E-state index contributed by atoms with van der Waals surface area (Å²) in [6.45, 7) is 2.04. The Morgan fingerprint density at radius 2 is 2.29 bits per heavy atom. The molecule has 0 aliphatic rings. The molecule has 2 nitrogen and oxygen atoms in total. The predicted molar refractivity (Wildman–Crippen MR) is 62.4 cm³/mol. The minimum atomic E-state index is 0.0243. The second-order valence-corrected chi connectivity index (χ2v) is 4.11. The summed E-state index contributed by atoms with van der Waals surface area (Å²) in [5, 5.41) is 0. The molecule has 0 saturated carbocycles. The van der Waals surface area contributed by atoms with Gasteiger partial charge in [-0.3, -0.25) is 11.3 Å². The lowest BCUT2D eigenvalue weighted by atomic mass is 10.0. The average Bonchev–Trinajstić information content (AvgIpc) is 2.12. The van der Waals surface area contributed by atoms with Crippen molar-refractivity contribution in [2.24, 2.45) is 5.84 Å². The Bertz CT molecular complexity index is 335. The predicted octanol–water partition coefficient (Wildman–Crippen LogP) is 2.29. The van der Waals surface area contributed by atoms with Gasteiger partial charge in [0.25, 0.3) is 0 Å². The molecule has 3 N–H and O–H groups in total. The highest BCUT2D eigenvalue weighted by atomic mass is 79.9. The Hall–Kier alpha value is -0.820. The van der Waals surface area contributed by atoms with Gasteiger partial charge in [0, 0.05) is 10.9 Å². The molecular formula is C11H13BrN2. The highest BCUT2D eigenvalue weighted by Gasteiger charge is 2.08. The van der Waals surface area contributed by atoms with E-state index in [1.165, 1.54) is 5.56 Å². The maximum atomic E-state index is 5.43. The summed E-state index contributed by atoms with van der Waals surface area (Å²) < 4.78 is 1.05. The van der Waals surface area contributed by atoms with Crippen LogP contribution >= 0.6 is 15.9 Å². The third kappa shape index (κ3) is 2.85. The highest BCUT2D eigenvalue weighted by molar-refractivity contribution is 9.10. The molecule has 0 bridgehead atoms. The first-order chi connectivity index (χ1) is 6.67. The summed E-state index contributed by atoms with van der Waals surface area (Å²) in [6.07, 6.45) is 5.85. The molecule has 0 fully saturated rings. The fourth-order valence-corrected chi connectivity index (χ4v) is 1.98. The lowest BCUT2D eigenvalue weighted by Crippen LogP contribution is -2.27. The first-order valence-corrected chi connectivity index (χ1v) is 5.13. The van der Waals surface area contributed by atoms with Crippen LogP contribution < -0.4 is 11.3 Å². The maximum absolute atomic E-state index is 5.43. The van der Waals surface area contributed by atoms with E-state index >= 15 is 0 Å². The van der Waals surface area contributed by atoms with Crippen LogP contribution in [0.25, 0.3) is 0 Å². The van der Waals surface area contributed by atoms with Gasteiger partial charge in [0.05, 0.1) is 6.04 Å². The third-order valence-corrected chi connectivity index (χ3v) is 2.45. The number of rotatable bonds is 3. The number of aryl methyl sites for hydroxylation is 1. The Labute approximate surface area is 93.0 Å². The molecule has 0 heterocycles. The molecule has 0 aliphatic heterocycles. The zero-order valence-electron chi connectivity index (χ0n) is 8.05. The topological polar surface area (TPSA) is 38.0 Å². The molecule has 74 valence electrons. The molecule has 1 aromatic carbocycles. The van der Waals surface area contributed by atoms with Gasteiger partial charge in [0.2, 0.25) is 0 Å². The molecule has 0 spiro atoms. The second-order valence-electron chi connectivity index (χ2n) is 3.19. The first-order valence-electron chi connectivity index (χ1n) is 4.34. The van der Waals surface area contributed by atoms with Crippen LogP contribution in [-0.2, 0) is 0 Å². The summed E-state index contributed by atoms with van der Waals surface area (Å²) in [7, 11) is 0. The van der Waals surface area contributed by atoms with Gasteiger partial charge < -0.3 is 0 Å². The van der Waals surface area contributed by atoms with E-state index in [2.05, 4.69) is 33.3 Å². The van der Waals surface area contributed by atoms with Gasteiger partial charge in [-0.05, 0) is 30.2 Å². The van der Waals surface area contributed by atoms with Crippen molar-refractivity contribution in [3.05, 3.63) is 33.8 Å². The summed E-state index contributed by atoms with van der Waals surface area (Å²) in [6, 6.07) is 6.17. The summed E-state index contributed by atoms with van der Waals surface area (Å²) in [4.78, 5) is 0. The van der Waals surface area contributed by atoms with Crippen LogP contribution in [0.15, 0.2) is 22.7 Å². The van der Waals surface area contributed by atoms with E-state index in [4.69, 9.17) is 12.3 Å². The summed E-state index contributed by atoms with van der Waals surface area (Å²) >= 11 is 3.44. The molecule has 1 rings (SSSR count). The van der Waals surface area contributed by atoms with Gasteiger partial charge in [0.1, 0.15) is 0 Å². The van der Waals surface area contributed by atoms with E-state index in [0.29, 0.717) is 6.42 Å². The van der Waals surface area contributed by atoms with Crippen molar-refractivity contribution in [3.8, 4) is 12.3 Å². The quantitative estimate of drug-likeness (QED) is 0.492. The number of nitrogens with one attached hydrogen (secondary N) is 1. The molecule has 0 saturated heterocycles. The fourth-order valence-electron chi connectivity index (χ4n) is 1.36. The monoisotopic (exact) mass is 252 g/mol. The van der Waals surface area contributed by atoms with Crippen molar-refractivity contribution in [1.82, 2.24) is 5.43 Å². The van der Waals surface area contributed by atoms with Crippen LogP contribution in [0.5, 0.6) is 0 Å². The van der Waals surface area contributed by atoms with E-state index in [1.54, 1.807) is 0 Å². The summed E-state index contributed by atoms with van der Waals surface area (Å²) in [5.74, 6) is 8.03. The third-order valence-electron chi connectivity index (χ3n) is 1.99. The molecule has 1 aromatic rings. The van der Waals surface area contributed by atoms with Gasteiger partial charge in [-0.2, -0.15) is 0 Å². The Kier molecular flexibility index (Phi) is 4.15. The van der Waals surface area contributed by atoms with Crippen molar-refractivity contribution in [3.63, 3.8) is 0 Å². The van der Waals surface area contributed by atoms with Gasteiger partial charge in [-0.15, -0.1) is 12.3 Å². The lowest BCUT2D eigenvalue weighted by molar-refractivity contribution is 0.567. The number of hydrogen-bond donors (Lipinski definition) is 2. The Morgan fingerprint density at radius 3 is 2.79 bits per heavy atom. The summed E-state index contributed by atoms with van der Waals surface area (Å²) in [5.41, 5.74) is 5.01. The molecule has 0 aromatic heterocycles. The Morgan fingerprint density at radius 1 is 1.57 bits per heavy atom. The minimum absolute atomic E-state index is 0.0243. The van der Waals surface area contributed by atoms with Crippen molar-refractivity contribution in [2.45, 2.75) is 19.4 Å². The van der Waals surface area contributed by atoms with Crippen LogP contribution in [0.3, 0.4) is 0 Å². The van der Waals surface area contributed by atoms with E-state index in [1.807, 2.05) is 19.1 Å². The lowest BCUT2D eigenvalue weighted by Gasteiger charge is -2.14. The van der Waals surface area contributed by atoms with Crippen molar-refractivity contribution >= 4 is 15.9 Å². The van der Waals surface area contributed by atoms with Crippen LogP contribution in [0.1, 0.15) is 23.6 Å². The molecule has 1 unspecified atom stereocenters. The average molecular weight is 253 g/mol. The molecule has 0 amide bonds. The number of nitrogens with two attached hydrogens (primary N) is 1. The molecular weight excluding hydrogens is 240 g/mol. The normalized spacial score (nSPS) is 12.1. The first kappa shape index (κ1) is 11.3. The number of halogens is 1. The minimum Gasteiger partial charge on any atom is -0.271 e. The van der Waals surface area contributed by atoms with Gasteiger partial charge in [-0.1, -0.05) is 22.0 Å². The van der Waals surface area contributed by atoms with E-state index < -0.39 is 0 Å².